The molecule has 0 amide bonds. The summed E-state index contributed by atoms with van der Waals surface area (Å²) >= 11 is 3.41. The third kappa shape index (κ3) is 5.64. The first-order valence-corrected chi connectivity index (χ1v) is 10.8. The summed E-state index contributed by atoms with van der Waals surface area (Å²) in [5, 5.41) is 10.0. The van der Waals surface area contributed by atoms with E-state index < -0.39 is 15.5 Å². The van der Waals surface area contributed by atoms with E-state index in [-0.39, 0.29) is 18.1 Å². The number of hydrogen-bond acceptors (Lipinski definition) is 4. The molecule has 0 aliphatic rings. The third-order valence-electron chi connectivity index (χ3n) is 4.44. The average Bonchev–Trinajstić information content (AvgIpc) is 2.62. The predicted molar refractivity (Wildman–Crippen MR) is 107 cm³/mol. The molecule has 0 bridgehead atoms. The minimum Gasteiger partial charge on any atom is -0.396 e. The first-order valence-electron chi connectivity index (χ1n) is 8.62. The number of halogens is 1. The highest BCUT2D eigenvalue weighted by Crippen LogP contribution is 2.31. The molecule has 0 aromatic heterocycles. The average molecular weight is 441 g/mol. The molecule has 0 saturated carbocycles. The van der Waals surface area contributed by atoms with E-state index in [2.05, 4.69) is 15.9 Å². The Hall–Kier alpha value is -1.21. The van der Waals surface area contributed by atoms with E-state index in [1.807, 2.05) is 38.1 Å². The number of aliphatic hydroxyl groups excluding tert-OH is 1. The number of aryl methyl sites for hydroxylation is 1. The molecule has 6 heteroatoms. The van der Waals surface area contributed by atoms with Crippen LogP contribution >= 0.6 is 15.9 Å². The van der Waals surface area contributed by atoms with Crippen LogP contribution in [0.25, 0.3) is 0 Å². The van der Waals surface area contributed by atoms with Crippen LogP contribution in [0, 0.1) is 12.3 Å². The van der Waals surface area contributed by atoms with Gasteiger partial charge in [-0.1, -0.05) is 59.1 Å². The molecule has 2 aromatic rings. The lowest BCUT2D eigenvalue weighted by Crippen LogP contribution is -2.34. The van der Waals surface area contributed by atoms with Crippen LogP contribution in [0.1, 0.15) is 30.9 Å². The Morgan fingerprint density at radius 3 is 2.23 bits per heavy atom. The zero-order valence-corrected chi connectivity index (χ0v) is 17.5. The Morgan fingerprint density at radius 1 is 1.08 bits per heavy atom. The molecule has 0 aliphatic heterocycles. The summed E-state index contributed by atoms with van der Waals surface area (Å²) in [6.07, 6.45) is 2.04. The summed E-state index contributed by atoms with van der Waals surface area (Å²) in [7, 11) is -3.86. The quantitative estimate of drug-likeness (QED) is 0.583. The van der Waals surface area contributed by atoms with Gasteiger partial charge in [-0.25, -0.2) is 0 Å². The largest absolute Gasteiger partial charge is 0.396 e. The van der Waals surface area contributed by atoms with E-state index in [0.29, 0.717) is 12.8 Å². The first-order chi connectivity index (χ1) is 12.3. The minimum atomic E-state index is -3.86. The van der Waals surface area contributed by atoms with Crippen LogP contribution in [0.5, 0.6) is 0 Å². The molecule has 0 fully saturated rings. The summed E-state index contributed by atoms with van der Waals surface area (Å²) in [5.74, 6) is 0. The summed E-state index contributed by atoms with van der Waals surface area (Å²) in [4.78, 5) is 0.134. The molecule has 0 heterocycles. The zero-order chi connectivity index (χ0) is 19.2. The summed E-state index contributed by atoms with van der Waals surface area (Å²) in [5.41, 5.74) is 1.38. The van der Waals surface area contributed by atoms with Crippen molar-refractivity contribution in [2.45, 2.75) is 38.0 Å². The SMILES string of the molecule is CCCC(CO)(COS(=O)(=O)c1ccc(C)cc1)Cc1ccc(Br)cc1. The molecule has 2 aromatic carbocycles. The fraction of sp³-hybridized carbons (Fsp3) is 0.400. The van der Waals surface area contributed by atoms with Crippen LogP contribution in [0.4, 0.5) is 0 Å². The lowest BCUT2D eigenvalue weighted by molar-refractivity contribution is 0.0602. The zero-order valence-electron chi connectivity index (χ0n) is 15.1. The third-order valence-corrected chi connectivity index (χ3v) is 6.24. The normalized spacial score (nSPS) is 14.2. The van der Waals surface area contributed by atoms with Crippen LogP contribution in [0.3, 0.4) is 0 Å². The molecular formula is C20H25BrO4S. The Balaban J connectivity index is 2.18. The lowest BCUT2D eigenvalue weighted by Gasteiger charge is -2.31. The van der Waals surface area contributed by atoms with Gasteiger partial charge in [0.05, 0.1) is 18.1 Å². The molecule has 1 N–H and O–H groups in total. The molecule has 4 nitrogen and oxygen atoms in total. The van der Waals surface area contributed by atoms with E-state index in [1.165, 1.54) is 0 Å². The van der Waals surface area contributed by atoms with Gasteiger partial charge in [-0.2, -0.15) is 8.42 Å². The van der Waals surface area contributed by atoms with Gasteiger partial charge in [0.1, 0.15) is 0 Å². The molecule has 2 rings (SSSR count). The van der Waals surface area contributed by atoms with Crippen molar-refractivity contribution in [2.75, 3.05) is 13.2 Å². The molecular weight excluding hydrogens is 416 g/mol. The van der Waals surface area contributed by atoms with Crippen molar-refractivity contribution in [1.82, 2.24) is 0 Å². The highest BCUT2D eigenvalue weighted by atomic mass is 79.9. The van der Waals surface area contributed by atoms with Gasteiger partial charge in [-0.05, 0) is 49.6 Å². The monoisotopic (exact) mass is 440 g/mol. The molecule has 0 spiro atoms. The second kappa shape index (κ2) is 9.13. The van der Waals surface area contributed by atoms with Crippen molar-refractivity contribution < 1.29 is 17.7 Å². The Kier molecular flexibility index (Phi) is 7.41. The number of aliphatic hydroxyl groups is 1. The van der Waals surface area contributed by atoms with E-state index >= 15 is 0 Å². The van der Waals surface area contributed by atoms with Gasteiger partial charge in [-0.3, -0.25) is 4.18 Å². The molecule has 0 saturated heterocycles. The van der Waals surface area contributed by atoms with E-state index in [4.69, 9.17) is 4.18 Å². The second-order valence-electron chi connectivity index (χ2n) is 6.74. The molecule has 0 radical (unpaired) electrons. The van der Waals surface area contributed by atoms with E-state index in [0.717, 1.165) is 22.0 Å². The van der Waals surface area contributed by atoms with Crippen molar-refractivity contribution in [3.05, 3.63) is 64.1 Å². The smallest absolute Gasteiger partial charge is 0.296 e. The maximum atomic E-state index is 12.5. The fourth-order valence-electron chi connectivity index (χ4n) is 2.93. The molecule has 26 heavy (non-hydrogen) atoms. The van der Waals surface area contributed by atoms with Crippen molar-refractivity contribution >= 4 is 26.0 Å². The van der Waals surface area contributed by atoms with Crippen molar-refractivity contribution in [3.63, 3.8) is 0 Å². The second-order valence-corrected chi connectivity index (χ2v) is 9.27. The van der Waals surface area contributed by atoms with Crippen LogP contribution in [-0.4, -0.2) is 26.7 Å². The van der Waals surface area contributed by atoms with Gasteiger partial charge in [-0.15, -0.1) is 0 Å². The molecule has 0 aliphatic carbocycles. The first kappa shape index (κ1) is 21.1. The Bertz CT molecular complexity index is 801. The van der Waals surface area contributed by atoms with Gasteiger partial charge < -0.3 is 5.11 Å². The van der Waals surface area contributed by atoms with E-state index in [9.17, 15) is 13.5 Å². The van der Waals surface area contributed by atoms with Crippen LogP contribution < -0.4 is 0 Å². The Morgan fingerprint density at radius 2 is 1.69 bits per heavy atom. The highest BCUT2D eigenvalue weighted by Gasteiger charge is 2.32. The number of hydrogen-bond donors (Lipinski definition) is 1. The summed E-state index contributed by atoms with van der Waals surface area (Å²) in [6, 6.07) is 14.4. The summed E-state index contributed by atoms with van der Waals surface area (Å²) < 4.78 is 31.3. The molecule has 142 valence electrons. The maximum Gasteiger partial charge on any atom is 0.296 e. The maximum absolute atomic E-state index is 12.5. The van der Waals surface area contributed by atoms with E-state index in [1.54, 1.807) is 24.3 Å². The highest BCUT2D eigenvalue weighted by molar-refractivity contribution is 9.10. The van der Waals surface area contributed by atoms with Gasteiger partial charge in [0, 0.05) is 9.89 Å². The molecule has 1 atom stereocenters. The fourth-order valence-corrected chi connectivity index (χ4v) is 4.21. The minimum absolute atomic E-state index is 0.0520. The lowest BCUT2D eigenvalue weighted by atomic mass is 9.79. The Labute approximate surface area is 164 Å². The van der Waals surface area contributed by atoms with Gasteiger partial charge in [0.25, 0.3) is 10.1 Å². The van der Waals surface area contributed by atoms with Crippen molar-refractivity contribution in [1.29, 1.82) is 0 Å². The van der Waals surface area contributed by atoms with Crippen molar-refractivity contribution in [3.8, 4) is 0 Å². The van der Waals surface area contributed by atoms with Gasteiger partial charge in [0.2, 0.25) is 0 Å². The number of benzene rings is 2. The summed E-state index contributed by atoms with van der Waals surface area (Å²) in [6.45, 7) is 3.72. The van der Waals surface area contributed by atoms with Crippen molar-refractivity contribution in [2.24, 2.45) is 5.41 Å². The van der Waals surface area contributed by atoms with Crippen LogP contribution in [0.15, 0.2) is 57.9 Å². The van der Waals surface area contributed by atoms with Crippen LogP contribution in [-0.2, 0) is 20.7 Å². The van der Waals surface area contributed by atoms with Gasteiger partial charge >= 0.3 is 0 Å². The predicted octanol–water partition coefficient (Wildman–Crippen LogP) is 4.48. The topological polar surface area (TPSA) is 63.6 Å². The van der Waals surface area contributed by atoms with Gasteiger partial charge in [0.15, 0.2) is 0 Å². The van der Waals surface area contributed by atoms with Crippen LogP contribution in [0.2, 0.25) is 0 Å². The number of rotatable bonds is 9. The standard InChI is InChI=1S/C20H25BrO4S/c1-3-12-20(14-22,13-17-6-8-18(21)9-7-17)15-25-26(23,24)19-10-4-16(2)5-11-19/h4-11,22H,3,12-15H2,1-2H3. The molecule has 1 unspecified atom stereocenters.